The summed E-state index contributed by atoms with van der Waals surface area (Å²) in [6, 6.07) is 13.6. The van der Waals surface area contributed by atoms with Gasteiger partial charge in [0.1, 0.15) is 0 Å². The standard InChI is InChI=1S/C24H28N4O/c1-3-4-11-23(20-9-7-14-26-17-20)28-24(29)21-10-5-12-22(18(21)2)27-16-19-8-6-13-25-15-19/h5-10,12-15,17,23,27H,3-4,11,16H2,1-2H3,(H,28,29). The minimum absolute atomic E-state index is 0.0393. The molecular weight excluding hydrogens is 360 g/mol. The third-order valence-electron chi connectivity index (χ3n) is 5.02. The number of nitrogens with zero attached hydrogens (tertiary/aromatic N) is 2. The number of carbonyl (C=O) groups excluding carboxylic acids is 1. The number of carbonyl (C=O) groups is 1. The molecule has 150 valence electrons. The van der Waals surface area contributed by atoms with Crippen LogP contribution < -0.4 is 10.6 Å². The van der Waals surface area contributed by atoms with Gasteiger partial charge in [-0.1, -0.05) is 38.0 Å². The minimum atomic E-state index is -0.0579. The van der Waals surface area contributed by atoms with E-state index in [0.717, 1.165) is 41.6 Å². The highest BCUT2D eigenvalue weighted by Crippen LogP contribution is 2.23. The van der Waals surface area contributed by atoms with Crippen molar-refractivity contribution in [2.45, 2.75) is 45.7 Å². The SMILES string of the molecule is CCCCC(NC(=O)c1cccc(NCc2cccnc2)c1C)c1cccnc1. The molecule has 3 rings (SSSR count). The van der Waals surface area contributed by atoms with Crippen LogP contribution in [0, 0.1) is 6.92 Å². The van der Waals surface area contributed by atoms with Gasteiger partial charge in [0.25, 0.3) is 5.91 Å². The molecule has 5 nitrogen and oxygen atoms in total. The maximum atomic E-state index is 13.1. The molecule has 1 unspecified atom stereocenters. The van der Waals surface area contributed by atoms with Crippen LogP contribution in [-0.2, 0) is 6.54 Å². The third kappa shape index (κ3) is 5.64. The van der Waals surface area contributed by atoms with E-state index in [1.807, 2.05) is 61.8 Å². The second-order valence-electron chi connectivity index (χ2n) is 7.15. The van der Waals surface area contributed by atoms with E-state index in [4.69, 9.17) is 0 Å². The lowest BCUT2D eigenvalue weighted by atomic mass is 10.0. The molecule has 0 saturated carbocycles. The zero-order valence-corrected chi connectivity index (χ0v) is 17.1. The quantitative estimate of drug-likeness (QED) is 0.538. The normalized spacial score (nSPS) is 11.7. The Morgan fingerprint density at radius 1 is 1.03 bits per heavy atom. The van der Waals surface area contributed by atoms with Gasteiger partial charge in [0.15, 0.2) is 0 Å². The Bertz CT molecular complexity index is 913. The number of pyridine rings is 2. The molecule has 0 bridgehead atoms. The molecule has 0 fully saturated rings. The van der Waals surface area contributed by atoms with Crippen molar-refractivity contribution in [1.82, 2.24) is 15.3 Å². The van der Waals surface area contributed by atoms with E-state index in [-0.39, 0.29) is 11.9 Å². The van der Waals surface area contributed by atoms with Gasteiger partial charge in [0, 0.05) is 42.6 Å². The van der Waals surface area contributed by atoms with E-state index < -0.39 is 0 Å². The van der Waals surface area contributed by atoms with Gasteiger partial charge < -0.3 is 10.6 Å². The smallest absolute Gasteiger partial charge is 0.252 e. The van der Waals surface area contributed by atoms with Crippen molar-refractivity contribution in [1.29, 1.82) is 0 Å². The number of unbranched alkanes of at least 4 members (excludes halogenated alkanes) is 1. The molecule has 0 saturated heterocycles. The zero-order chi connectivity index (χ0) is 20.5. The van der Waals surface area contributed by atoms with Crippen LogP contribution >= 0.6 is 0 Å². The van der Waals surface area contributed by atoms with Crippen LogP contribution in [0.5, 0.6) is 0 Å². The summed E-state index contributed by atoms with van der Waals surface area (Å²) in [6.45, 7) is 4.80. The van der Waals surface area contributed by atoms with Crippen LogP contribution in [0.3, 0.4) is 0 Å². The van der Waals surface area contributed by atoms with Crippen LogP contribution in [0.25, 0.3) is 0 Å². The Labute approximate surface area is 172 Å². The van der Waals surface area contributed by atoms with Gasteiger partial charge in [0.2, 0.25) is 0 Å². The second kappa shape index (κ2) is 10.4. The maximum absolute atomic E-state index is 13.1. The first-order valence-electron chi connectivity index (χ1n) is 10.1. The van der Waals surface area contributed by atoms with E-state index >= 15 is 0 Å². The number of hydrogen-bond acceptors (Lipinski definition) is 4. The number of aromatic nitrogens is 2. The topological polar surface area (TPSA) is 66.9 Å². The first-order valence-corrected chi connectivity index (χ1v) is 10.1. The van der Waals surface area contributed by atoms with Gasteiger partial charge in [0.05, 0.1) is 6.04 Å². The van der Waals surface area contributed by atoms with Gasteiger partial charge in [-0.15, -0.1) is 0 Å². The average Bonchev–Trinajstić information content (AvgIpc) is 2.77. The molecule has 0 aliphatic rings. The zero-order valence-electron chi connectivity index (χ0n) is 17.1. The third-order valence-corrected chi connectivity index (χ3v) is 5.02. The summed E-state index contributed by atoms with van der Waals surface area (Å²) in [5, 5.41) is 6.62. The van der Waals surface area contributed by atoms with Gasteiger partial charge in [-0.25, -0.2) is 0 Å². The van der Waals surface area contributed by atoms with Crippen molar-refractivity contribution in [3.8, 4) is 0 Å². The fourth-order valence-corrected chi connectivity index (χ4v) is 3.32. The predicted octanol–water partition coefficient (Wildman–Crippen LogP) is 5.06. The lowest BCUT2D eigenvalue weighted by molar-refractivity contribution is 0.0933. The monoisotopic (exact) mass is 388 g/mol. The van der Waals surface area contributed by atoms with E-state index in [0.29, 0.717) is 12.1 Å². The molecule has 1 atom stereocenters. The van der Waals surface area contributed by atoms with Crippen molar-refractivity contribution >= 4 is 11.6 Å². The maximum Gasteiger partial charge on any atom is 0.252 e. The van der Waals surface area contributed by atoms with Gasteiger partial charge >= 0.3 is 0 Å². The molecular formula is C24H28N4O. The highest BCUT2D eigenvalue weighted by molar-refractivity contribution is 5.97. The summed E-state index contributed by atoms with van der Waals surface area (Å²) in [6.07, 6.45) is 10.2. The number of amides is 1. The number of rotatable bonds is 9. The Kier molecular flexibility index (Phi) is 7.34. The summed E-state index contributed by atoms with van der Waals surface area (Å²) in [7, 11) is 0. The van der Waals surface area contributed by atoms with Gasteiger partial charge in [-0.05, 0) is 54.3 Å². The largest absolute Gasteiger partial charge is 0.381 e. The van der Waals surface area contributed by atoms with Crippen LogP contribution in [0.4, 0.5) is 5.69 Å². The summed E-state index contributed by atoms with van der Waals surface area (Å²) < 4.78 is 0. The lowest BCUT2D eigenvalue weighted by Gasteiger charge is -2.20. The second-order valence-corrected chi connectivity index (χ2v) is 7.15. The van der Waals surface area contributed by atoms with Crippen molar-refractivity contribution in [2.24, 2.45) is 0 Å². The Hall–Kier alpha value is -3.21. The first-order chi connectivity index (χ1) is 14.2. The molecule has 0 aliphatic carbocycles. The Balaban J connectivity index is 1.73. The molecule has 29 heavy (non-hydrogen) atoms. The lowest BCUT2D eigenvalue weighted by Crippen LogP contribution is -2.29. The number of benzene rings is 1. The van der Waals surface area contributed by atoms with Crippen LogP contribution in [-0.4, -0.2) is 15.9 Å². The highest BCUT2D eigenvalue weighted by Gasteiger charge is 2.18. The minimum Gasteiger partial charge on any atom is -0.381 e. The number of hydrogen-bond donors (Lipinski definition) is 2. The molecule has 1 aromatic carbocycles. The summed E-state index contributed by atoms with van der Waals surface area (Å²) in [4.78, 5) is 21.4. The molecule has 2 N–H and O–H groups in total. The number of anilines is 1. The van der Waals surface area contributed by atoms with Gasteiger partial charge in [-0.2, -0.15) is 0 Å². The fraction of sp³-hybridized carbons (Fsp3) is 0.292. The molecule has 2 aromatic heterocycles. The molecule has 0 radical (unpaired) electrons. The molecule has 3 aromatic rings. The molecule has 1 amide bonds. The van der Waals surface area contributed by atoms with Gasteiger partial charge in [-0.3, -0.25) is 14.8 Å². The van der Waals surface area contributed by atoms with E-state index in [9.17, 15) is 4.79 Å². The molecule has 0 aliphatic heterocycles. The van der Waals surface area contributed by atoms with Crippen molar-refractivity contribution in [3.63, 3.8) is 0 Å². The predicted molar refractivity (Wildman–Crippen MR) is 117 cm³/mol. The highest BCUT2D eigenvalue weighted by atomic mass is 16.1. The molecule has 0 spiro atoms. The molecule has 5 heteroatoms. The van der Waals surface area contributed by atoms with E-state index in [2.05, 4.69) is 27.5 Å². The van der Waals surface area contributed by atoms with Crippen molar-refractivity contribution < 1.29 is 4.79 Å². The summed E-state index contributed by atoms with van der Waals surface area (Å²) >= 11 is 0. The Morgan fingerprint density at radius 3 is 2.52 bits per heavy atom. The van der Waals surface area contributed by atoms with Crippen molar-refractivity contribution in [3.05, 3.63) is 89.5 Å². The van der Waals surface area contributed by atoms with Crippen molar-refractivity contribution in [2.75, 3.05) is 5.32 Å². The number of nitrogens with one attached hydrogen (secondary N) is 2. The van der Waals surface area contributed by atoms with Crippen LogP contribution in [0.15, 0.2) is 67.3 Å². The fourth-order valence-electron chi connectivity index (χ4n) is 3.32. The first kappa shape index (κ1) is 20.5. The van der Waals surface area contributed by atoms with E-state index in [1.54, 1.807) is 12.4 Å². The van der Waals surface area contributed by atoms with Crippen LogP contribution in [0.1, 0.15) is 59.3 Å². The molecule has 2 heterocycles. The summed E-state index contributed by atoms with van der Waals surface area (Å²) in [5.41, 5.74) is 4.71. The summed E-state index contributed by atoms with van der Waals surface area (Å²) in [5.74, 6) is -0.0579. The van der Waals surface area contributed by atoms with Crippen LogP contribution in [0.2, 0.25) is 0 Å². The Morgan fingerprint density at radius 2 is 1.83 bits per heavy atom. The average molecular weight is 389 g/mol. The van der Waals surface area contributed by atoms with E-state index in [1.165, 1.54) is 0 Å².